The van der Waals surface area contributed by atoms with Gasteiger partial charge in [0.1, 0.15) is 11.4 Å². The van der Waals surface area contributed by atoms with Crippen LogP contribution in [0.15, 0.2) is 47.3 Å². The number of amides is 1. The topological polar surface area (TPSA) is 83.0 Å². The van der Waals surface area contributed by atoms with Crippen LogP contribution in [-0.2, 0) is 0 Å². The van der Waals surface area contributed by atoms with Crippen LogP contribution in [0.25, 0.3) is 11.1 Å². The van der Waals surface area contributed by atoms with E-state index in [1.54, 1.807) is 6.07 Å². The Balaban J connectivity index is 1.63. The first kappa shape index (κ1) is 20.1. The van der Waals surface area contributed by atoms with Crippen LogP contribution in [0.5, 0.6) is 0 Å². The van der Waals surface area contributed by atoms with Gasteiger partial charge in [0.2, 0.25) is 0 Å². The lowest BCUT2D eigenvalue weighted by atomic mass is 10.0. The van der Waals surface area contributed by atoms with Crippen molar-refractivity contribution in [2.45, 2.75) is 32.7 Å². The van der Waals surface area contributed by atoms with Gasteiger partial charge in [-0.05, 0) is 58.5 Å². The molecule has 2 N–H and O–H groups in total. The number of nitrogens with one attached hydrogen (secondary N) is 2. The summed E-state index contributed by atoms with van der Waals surface area (Å²) in [6.07, 6.45) is 1.95. The number of anilines is 1. The van der Waals surface area contributed by atoms with Gasteiger partial charge in [-0.15, -0.1) is 0 Å². The fraction of sp³-hybridized carbons (Fsp3) is 0.348. The monoisotopic (exact) mass is 405 g/mol. The summed E-state index contributed by atoms with van der Waals surface area (Å²) < 4.78 is 1.90. The molecule has 1 aromatic carbocycles. The molecule has 30 heavy (non-hydrogen) atoms. The molecule has 1 saturated heterocycles. The summed E-state index contributed by atoms with van der Waals surface area (Å²) in [6.45, 7) is 5.74. The third kappa shape index (κ3) is 4.07. The molecule has 1 fully saturated rings. The van der Waals surface area contributed by atoms with Gasteiger partial charge in [0.05, 0.1) is 11.7 Å². The van der Waals surface area contributed by atoms with Crippen LogP contribution >= 0.6 is 0 Å². The average molecular weight is 406 g/mol. The Morgan fingerprint density at radius 3 is 2.53 bits per heavy atom. The van der Waals surface area contributed by atoms with Crippen molar-refractivity contribution in [3.8, 4) is 11.1 Å². The van der Waals surface area contributed by atoms with Crippen LogP contribution in [0.2, 0.25) is 0 Å². The minimum absolute atomic E-state index is 0.0910. The Morgan fingerprint density at radius 2 is 1.83 bits per heavy atom. The number of aromatic amines is 1. The summed E-state index contributed by atoms with van der Waals surface area (Å²) in [4.78, 5) is 30.7. The highest BCUT2D eigenvalue weighted by atomic mass is 16.2. The number of piperidine rings is 1. The van der Waals surface area contributed by atoms with Crippen molar-refractivity contribution in [2.24, 2.45) is 0 Å². The Kier molecular flexibility index (Phi) is 5.55. The minimum atomic E-state index is -0.428. The van der Waals surface area contributed by atoms with Gasteiger partial charge in [-0.3, -0.25) is 9.59 Å². The van der Waals surface area contributed by atoms with E-state index in [0.717, 1.165) is 48.4 Å². The number of carbonyl (C=O) groups is 1. The van der Waals surface area contributed by atoms with E-state index in [1.165, 1.54) is 0 Å². The fourth-order valence-corrected chi connectivity index (χ4v) is 4.02. The summed E-state index contributed by atoms with van der Waals surface area (Å²) >= 11 is 0. The van der Waals surface area contributed by atoms with E-state index in [9.17, 15) is 9.59 Å². The molecule has 0 saturated carbocycles. The molecular weight excluding hydrogens is 378 g/mol. The van der Waals surface area contributed by atoms with Crippen molar-refractivity contribution >= 4 is 11.7 Å². The van der Waals surface area contributed by atoms with E-state index in [4.69, 9.17) is 0 Å². The molecule has 1 aliphatic rings. The van der Waals surface area contributed by atoms with Crippen LogP contribution in [0.1, 0.15) is 40.6 Å². The second-order valence-electron chi connectivity index (χ2n) is 8.02. The average Bonchev–Trinajstić information content (AvgIpc) is 3.09. The molecule has 0 aliphatic carbocycles. The number of rotatable bonds is 4. The third-order valence-electron chi connectivity index (χ3n) is 5.70. The van der Waals surface area contributed by atoms with E-state index >= 15 is 0 Å². The Labute approximate surface area is 175 Å². The predicted octanol–water partition coefficient (Wildman–Crippen LogP) is 3.37. The van der Waals surface area contributed by atoms with E-state index < -0.39 is 11.5 Å². The summed E-state index contributed by atoms with van der Waals surface area (Å²) in [5.41, 5.74) is 3.05. The van der Waals surface area contributed by atoms with Gasteiger partial charge in [-0.2, -0.15) is 5.10 Å². The van der Waals surface area contributed by atoms with Crippen LogP contribution in [0.4, 0.5) is 5.82 Å². The second kappa shape index (κ2) is 8.28. The molecule has 0 spiro atoms. The first-order valence-electron chi connectivity index (χ1n) is 10.3. The van der Waals surface area contributed by atoms with Crippen molar-refractivity contribution < 1.29 is 4.79 Å². The molecule has 3 heterocycles. The number of aromatic nitrogens is 3. The summed E-state index contributed by atoms with van der Waals surface area (Å²) in [5.74, 6) is 0.204. The molecule has 0 bridgehead atoms. The van der Waals surface area contributed by atoms with Crippen molar-refractivity contribution in [2.75, 3.05) is 25.5 Å². The lowest BCUT2D eigenvalue weighted by molar-refractivity contribution is 0.102. The highest BCUT2D eigenvalue weighted by Crippen LogP contribution is 2.26. The van der Waals surface area contributed by atoms with Crippen molar-refractivity contribution in [1.82, 2.24) is 19.7 Å². The summed E-state index contributed by atoms with van der Waals surface area (Å²) in [7, 11) is 2.11. The lowest BCUT2D eigenvalue weighted by Gasteiger charge is -2.30. The predicted molar refractivity (Wildman–Crippen MR) is 118 cm³/mol. The maximum Gasteiger partial charge on any atom is 0.262 e. The van der Waals surface area contributed by atoms with Crippen molar-refractivity contribution in [3.63, 3.8) is 0 Å². The molecule has 7 nitrogen and oxygen atoms in total. The molecule has 4 rings (SSSR count). The quantitative estimate of drug-likeness (QED) is 0.697. The van der Waals surface area contributed by atoms with Crippen LogP contribution in [0.3, 0.4) is 0 Å². The molecule has 3 aromatic rings. The fourth-order valence-electron chi connectivity index (χ4n) is 4.02. The van der Waals surface area contributed by atoms with E-state index in [1.807, 2.05) is 54.9 Å². The maximum atomic E-state index is 13.0. The standard InChI is InChI=1S/C23H27N5O2/c1-15-13-21(28(26-15)18-9-11-27(3)12-10-18)25-23(30)20-14-19(16(2)24-22(20)29)17-7-5-4-6-8-17/h4-8,13-14,18H,9-12H2,1-3H3,(H,24,29)(H,25,30). The van der Waals surface area contributed by atoms with Gasteiger partial charge in [-0.25, -0.2) is 4.68 Å². The number of H-pyrrole nitrogens is 1. The van der Waals surface area contributed by atoms with Gasteiger partial charge < -0.3 is 15.2 Å². The van der Waals surface area contributed by atoms with Gasteiger partial charge in [0, 0.05) is 17.3 Å². The SMILES string of the molecule is Cc1cc(NC(=O)c2cc(-c3ccccc3)c(C)[nH]c2=O)n(C2CCN(C)CC2)n1. The molecule has 7 heteroatoms. The molecule has 0 atom stereocenters. The highest BCUT2D eigenvalue weighted by Gasteiger charge is 2.23. The van der Waals surface area contributed by atoms with Gasteiger partial charge in [0.25, 0.3) is 11.5 Å². The van der Waals surface area contributed by atoms with Gasteiger partial charge in [0.15, 0.2) is 0 Å². The molecule has 0 radical (unpaired) electrons. The number of aryl methyl sites for hydroxylation is 2. The lowest BCUT2D eigenvalue weighted by Crippen LogP contribution is -2.33. The Hall–Kier alpha value is -3.19. The van der Waals surface area contributed by atoms with E-state index in [-0.39, 0.29) is 11.6 Å². The van der Waals surface area contributed by atoms with Crippen LogP contribution < -0.4 is 10.9 Å². The molecule has 156 valence electrons. The Morgan fingerprint density at radius 1 is 1.13 bits per heavy atom. The largest absolute Gasteiger partial charge is 0.325 e. The molecular formula is C23H27N5O2. The number of carbonyl (C=O) groups excluding carboxylic acids is 1. The Bertz CT molecular complexity index is 1110. The van der Waals surface area contributed by atoms with Crippen LogP contribution in [0, 0.1) is 13.8 Å². The van der Waals surface area contributed by atoms with Crippen LogP contribution in [-0.4, -0.2) is 45.7 Å². The molecule has 2 aromatic heterocycles. The number of hydrogen-bond acceptors (Lipinski definition) is 4. The van der Waals surface area contributed by atoms with Crippen molar-refractivity contribution in [1.29, 1.82) is 0 Å². The minimum Gasteiger partial charge on any atom is -0.325 e. The molecule has 1 amide bonds. The number of hydrogen-bond donors (Lipinski definition) is 2. The van der Waals surface area contributed by atoms with E-state index in [2.05, 4.69) is 27.3 Å². The number of nitrogens with zero attached hydrogens (tertiary/aromatic N) is 3. The first-order chi connectivity index (χ1) is 14.4. The summed E-state index contributed by atoms with van der Waals surface area (Å²) in [5, 5.41) is 7.53. The normalized spacial score (nSPS) is 15.3. The number of benzene rings is 1. The second-order valence-corrected chi connectivity index (χ2v) is 8.02. The smallest absolute Gasteiger partial charge is 0.262 e. The zero-order chi connectivity index (χ0) is 21.3. The van der Waals surface area contributed by atoms with E-state index in [0.29, 0.717) is 5.82 Å². The summed E-state index contributed by atoms with van der Waals surface area (Å²) in [6, 6.07) is 13.5. The molecule has 1 aliphatic heterocycles. The molecule has 0 unspecified atom stereocenters. The maximum absolute atomic E-state index is 13.0. The number of pyridine rings is 1. The third-order valence-corrected chi connectivity index (χ3v) is 5.70. The van der Waals surface area contributed by atoms with Crippen molar-refractivity contribution in [3.05, 3.63) is 69.8 Å². The number of likely N-dealkylation sites (tertiary alicyclic amines) is 1. The zero-order valence-corrected chi connectivity index (χ0v) is 17.6. The van der Waals surface area contributed by atoms with Gasteiger partial charge >= 0.3 is 0 Å². The highest BCUT2D eigenvalue weighted by molar-refractivity contribution is 6.04. The zero-order valence-electron chi connectivity index (χ0n) is 17.6. The van der Waals surface area contributed by atoms with Gasteiger partial charge in [-0.1, -0.05) is 30.3 Å². The first-order valence-corrected chi connectivity index (χ1v) is 10.3.